The van der Waals surface area contributed by atoms with E-state index in [4.69, 9.17) is 0 Å². The van der Waals surface area contributed by atoms with Crippen LogP contribution in [0.2, 0.25) is 0 Å². The van der Waals surface area contributed by atoms with Gasteiger partial charge in [0.2, 0.25) is 0 Å². The van der Waals surface area contributed by atoms with Crippen LogP contribution in [0, 0.1) is 3.57 Å². The Morgan fingerprint density at radius 2 is 1.04 bits per heavy atom. The van der Waals surface area contributed by atoms with Gasteiger partial charge in [-0.25, -0.2) is 0 Å². The summed E-state index contributed by atoms with van der Waals surface area (Å²) in [4.78, 5) is 5.26. The second-order valence-electron chi connectivity index (χ2n) is 21.9. The summed E-state index contributed by atoms with van der Waals surface area (Å²) in [6, 6.07) is 74.5. The fraction of sp³-hybridized carbons (Fsp3) is 0.164. The van der Waals surface area contributed by atoms with Crippen molar-refractivity contribution in [3.63, 3.8) is 0 Å². The summed E-state index contributed by atoms with van der Waals surface area (Å²) < 4.78 is 5.55. The number of rotatable bonds is 7. The predicted octanol–water partition coefficient (Wildman–Crippen LogP) is 14.0. The van der Waals surface area contributed by atoms with Crippen LogP contribution in [0.4, 0.5) is 34.1 Å². The fourth-order valence-electron chi connectivity index (χ4n) is 11.6. The van der Waals surface area contributed by atoms with Crippen LogP contribution in [0.15, 0.2) is 194 Å². The van der Waals surface area contributed by atoms with Gasteiger partial charge >= 0.3 is 364 Å². The van der Waals surface area contributed by atoms with Crippen LogP contribution >= 0.6 is 11.3 Å². The summed E-state index contributed by atoms with van der Waals surface area (Å²) in [5.74, 6) is 0. The Balaban J connectivity index is 1.09. The quantitative estimate of drug-likeness (QED) is 0.0679. The van der Waals surface area contributed by atoms with Crippen LogP contribution in [0.3, 0.4) is 0 Å². The first-order valence-electron chi connectivity index (χ1n) is 25.6. The number of hydrogen-bond donors (Lipinski definition) is 0. The van der Waals surface area contributed by atoms with Crippen molar-refractivity contribution >= 4 is 110 Å². The molecule has 0 saturated heterocycles. The van der Waals surface area contributed by atoms with Gasteiger partial charge < -0.3 is 0 Å². The molecule has 1 aromatic heterocycles. The second kappa shape index (κ2) is 17.2. The number of alkyl halides is 1. The van der Waals surface area contributed by atoms with Crippen molar-refractivity contribution in [3.8, 4) is 22.3 Å². The van der Waals surface area contributed by atoms with Gasteiger partial charge in [-0.1, -0.05) is 72.8 Å². The van der Waals surface area contributed by atoms with Gasteiger partial charge in [-0.2, -0.15) is 0 Å². The van der Waals surface area contributed by atoms with Crippen molar-refractivity contribution in [1.82, 2.24) is 0 Å². The summed E-state index contributed by atoms with van der Waals surface area (Å²) in [7, 11) is 0. The molecule has 13 rings (SSSR count). The van der Waals surface area contributed by atoms with Gasteiger partial charge in [0.05, 0.1) is 0 Å². The average molecular weight is 1060 g/mol. The number of nitrogens with zero attached hydrogens (tertiary/aromatic N) is 2. The molecule has 352 valence electrons. The Morgan fingerprint density at radius 3 is 1.72 bits per heavy atom. The summed E-state index contributed by atoms with van der Waals surface area (Å²) in [6.45, 7) is 16.4. The number of anilines is 6. The molecule has 10 aromatic carbocycles. The number of hydrogen-bond acceptors (Lipinski definition) is 3. The SMILES string of the molecule is CCC[I-]c1ccc2c(c1)B1c3sc4ccc(C(C)(C)C)cc4c3N(c3ccc(-c4ccccc4)cc3)c3cccc(c31)N2c1ccc(C(C)(C)C)cc1-c1ccc2c3ccccc3c3ccccc3c2c1. The van der Waals surface area contributed by atoms with E-state index in [1.165, 1.54) is 140 Å². The van der Waals surface area contributed by atoms with Crippen molar-refractivity contribution in [2.24, 2.45) is 0 Å². The first kappa shape index (κ1) is 45.2. The van der Waals surface area contributed by atoms with Crippen LogP contribution in [0.5, 0.6) is 0 Å². The summed E-state index contributed by atoms with van der Waals surface area (Å²) in [5.41, 5.74) is 17.8. The molecular weight excluding hydrogens is 1000 g/mol. The van der Waals surface area contributed by atoms with E-state index in [2.05, 4.69) is 252 Å². The molecule has 72 heavy (non-hydrogen) atoms. The van der Waals surface area contributed by atoms with Gasteiger partial charge in [0.15, 0.2) is 0 Å². The van der Waals surface area contributed by atoms with Crippen LogP contribution in [-0.4, -0.2) is 11.1 Å². The van der Waals surface area contributed by atoms with Crippen LogP contribution < -0.4 is 46.7 Å². The van der Waals surface area contributed by atoms with Crippen molar-refractivity contribution in [3.05, 3.63) is 209 Å². The van der Waals surface area contributed by atoms with E-state index in [0.717, 1.165) is 0 Å². The molecule has 0 bridgehead atoms. The Labute approximate surface area is 439 Å². The van der Waals surface area contributed by atoms with Crippen LogP contribution in [0.25, 0.3) is 64.7 Å². The molecule has 2 nitrogen and oxygen atoms in total. The molecule has 2 aliphatic heterocycles. The molecule has 3 heterocycles. The molecule has 5 heteroatoms. The van der Waals surface area contributed by atoms with Gasteiger partial charge in [-0.3, -0.25) is 0 Å². The minimum absolute atomic E-state index is 0.00682. The summed E-state index contributed by atoms with van der Waals surface area (Å²) in [6.07, 6.45) is 1.21. The molecule has 11 aromatic rings. The van der Waals surface area contributed by atoms with Crippen molar-refractivity contribution < 1.29 is 21.2 Å². The zero-order valence-electron chi connectivity index (χ0n) is 42.1. The third-order valence-corrected chi connectivity index (χ3v) is 19.6. The van der Waals surface area contributed by atoms with Gasteiger partial charge in [0.1, 0.15) is 0 Å². The number of thiophene rings is 1. The van der Waals surface area contributed by atoms with E-state index < -0.39 is 0 Å². The zero-order chi connectivity index (χ0) is 49.0. The minimum atomic E-state index is -0.149. The topological polar surface area (TPSA) is 6.48 Å². The standard InChI is InChI=1S/C67H57BIN2S/c1-8-37-69-47-30-35-59-57(41-47)68-63-60(70(48-31-25-43(26-32-48)42-17-10-9-11-18-42)64-56-40-46(67(5,6)7)29-36-62(56)72-65(64)68)23-16-24-61(63)71(59)58-34-28-45(66(2,3)4)39-54(58)44-27-33-53-51-21-13-12-19-49(51)50-20-14-15-22-52(50)55(53)38-44/h9-36,38-41H,8,37H2,1-7H3/q-1. The second-order valence-corrected chi connectivity index (χ2v) is 26.0. The fourth-order valence-corrected chi connectivity index (χ4v) is 15.1. The molecular formula is C67H57BIN2S-. The molecule has 0 radical (unpaired) electrons. The first-order valence-corrected chi connectivity index (χ1v) is 29.0. The Morgan fingerprint density at radius 1 is 0.458 bits per heavy atom. The molecule has 0 spiro atoms. The first-order chi connectivity index (χ1) is 34.9. The van der Waals surface area contributed by atoms with Crippen LogP contribution in [-0.2, 0) is 10.8 Å². The Kier molecular flexibility index (Phi) is 10.8. The van der Waals surface area contributed by atoms with Crippen molar-refractivity contribution in [2.75, 3.05) is 14.2 Å². The molecule has 2 aliphatic rings. The number of benzene rings is 10. The number of halogens is 1. The third kappa shape index (κ3) is 7.32. The molecule has 0 unspecified atom stereocenters. The van der Waals surface area contributed by atoms with E-state index >= 15 is 0 Å². The molecule has 0 N–H and O–H groups in total. The van der Waals surface area contributed by atoms with E-state index in [1.54, 1.807) is 0 Å². The summed E-state index contributed by atoms with van der Waals surface area (Å²) in [5, 5.41) is 9.09. The maximum atomic E-state index is 2.64. The van der Waals surface area contributed by atoms with E-state index in [9.17, 15) is 0 Å². The molecule has 0 atom stereocenters. The van der Waals surface area contributed by atoms with Gasteiger partial charge in [-0.15, -0.1) is 0 Å². The van der Waals surface area contributed by atoms with E-state index in [-0.39, 0.29) is 38.7 Å². The van der Waals surface area contributed by atoms with E-state index in [0.29, 0.717) is 0 Å². The summed E-state index contributed by atoms with van der Waals surface area (Å²) >= 11 is 1.85. The predicted molar refractivity (Wildman–Crippen MR) is 310 cm³/mol. The maximum absolute atomic E-state index is 2.64. The molecule has 0 aliphatic carbocycles. The molecule has 0 saturated carbocycles. The van der Waals surface area contributed by atoms with E-state index in [1.807, 2.05) is 11.3 Å². The normalized spacial score (nSPS) is 13.3. The average Bonchev–Trinajstić information content (AvgIpc) is 3.79. The van der Waals surface area contributed by atoms with Crippen molar-refractivity contribution in [2.45, 2.75) is 65.7 Å². The zero-order valence-corrected chi connectivity index (χ0v) is 45.1. The monoisotopic (exact) mass is 1060 g/mol. The molecule has 0 fully saturated rings. The van der Waals surface area contributed by atoms with Gasteiger partial charge in [0.25, 0.3) is 0 Å². The molecule has 0 amide bonds. The van der Waals surface area contributed by atoms with Gasteiger partial charge in [0, 0.05) is 0 Å². The van der Waals surface area contributed by atoms with Gasteiger partial charge in [-0.05, 0) is 5.39 Å². The van der Waals surface area contributed by atoms with Crippen LogP contribution in [0.1, 0.15) is 66.0 Å². The Bertz CT molecular complexity index is 3920. The third-order valence-electron chi connectivity index (χ3n) is 15.2. The van der Waals surface area contributed by atoms with Crippen molar-refractivity contribution in [1.29, 1.82) is 0 Å². The number of fused-ring (bicyclic) bond motifs is 12. The Hall–Kier alpha value is -6.67.